The van der Waals surface area contributed by atoms with Crippen molar-refractivity contribution < 1.29 is 4.79 Å². The molecule has 0 atom stereocenters. The molecule has 0 radical (unpaired) electrons. The van der Waals surface area contributed by atoms with Gasteiger partial charge in [-0.1, -0.05) is 37.8 Å². The minimum atomic E-state index is 0.309. The van der Waals surface area contributed by atoms with E-state index in [0.29, 0.717) is 5.78 Å². The topological polar surface area (TPSA) is 17.1 Å². The van der Waals surface area contributed by atoms with Gasteiger partial charge in [-0.25, -0.2) is 0 Å². The molecule has 0 saturated heterocycles. The molecule has 0 spiro atoms. The third-order valence-electron chi connectivity index (χ3n) is 3.42. The van der Waals surface area contributed by atoms with Crippen LogP contribution in [0.25, 0.3) is 0 Å². The van der Waals surface area contributed by atoms with Crippen LogP contribution in [0.1, 0.15) is 48.9 Å². The number of hydrogen-bond acceptors (Lipinski definition) is 1. The number of carbonyl (C=O) groups is 1. The van der Waals surface area contributed by atoms with Crippen LogP contribution in [-0.2, 0) is 0 Å². The molecular weight excluding hydrogens is 311 g/mol. The van der Waals surface area contributed by atoms with Gasteiger partial charge in [-0.05, 0) is 47.1 Å². The zero-order valence-electron chi connectivity index (χ0n) is 9.42. The Kier molecular flexibility index (Phi) is 4.38. The van der Waals surface area contributed by atoms with Gasteiger partial charge in [0.2, 0.25) is 0 Å². The van der Waals surface area contributed by atoms with E-state index in [0.717, 1.165) is 24.3 Å². The van der Waals surface area contributed by atoms with Crippen LogP contribution in [0.5, 0.6) is 0 Å². The first kappa shape index (κ1) is 12.1. The summed E-state index contributed by atoms with van der Waals surface area (Å²) in [5.41, 5.74) is 0.874. The van der Waals surface area contributed by atoms with Crippen LogP contribution < -0.4 is 0 Å². The van der Waals surface area contributed by atoms with Gasteiger partial charge in [0.05, 0.1) is 0 Å². The summed E-state index contributed by atoms with van der Waals surface area (Å²) in [6.07, 6.45) is 7.21. The molecule has 1 aromatic carbocycles. The Balaban J connectivity index is 1.85. The van der Waals surface area contributed by atoms with E-state index in [9.17, 15) is 4.79 Å². The van der Waals surface area contributed by atoms with Crippen molar-refractivity contribution in [2.75, 3.05) is 0 Å². The molecule has 1 fully saturated rings. The molecule has 86 valence electrons. The van der Waals surface area contributed by atoms with Crippen LogP contribution in [0.15, 0.2) is 24.3 Å². The van der Waals surface area contributed by atoms with E-state index in [1.165, 1.54) is 29.3 Å². The fourth-order valence-electron chi connectivity index (χ4n) is 2.41. The van der Waals surface area contributed by atoms with Crippen LogP contribution in [0.2, 0.25) is 0 Å². The van der Waals surface area contributed by atoms with E-state index in [1.807, 2.05) is 24.3 Å². The molecular formula is C14H17IO. The predicted molar refractivity (Wildman–Crippen MR) is 74.7 cm³/mol. The van der Waals surface area contributed by atoms with Crippen LogP contribution in [0.4, 0.5) is 0 Å². The fraction of sp³-hybridized carbons (Fsp3) is 0.500. The summed E-state index contributed by atoms with van der Waals surface area (Å²) >= 11 is 2.26. The van der Waals surface area contributed by atoms with E-state index >= 15 is 0 Å². The lowest BCUT2D eigenvalue weighted by Crippen LogP contribution is -2.02. The van der Waals surface area contributed by atoms with Gasteiger partial charge >= 0.3 is 0 Å². The van der Waals surface area contributed by atoms with Crippen molar-refractivity contribution >= 4 is 28.4 Å². The Bertz CT molecular complexity index is 350. The second-order valence-electron chi connectivity index (χ2n) is 4.62. The summed E-state index contributed by atoms with van der Waals surface area (Å²) in [6.45, 7) is 0. The summed E-state index contributed by atoms with van der Waals surface area (Å²) in [5, 5.41) is 0. The molecule has 0 amide bonds. The first-order chi connectivity index (χ1) is 7.75. The molecule has 1 nitrogen and oxygen atoms in total. The number of ketones is 1. The van der Waals surface area contributed by atoms with E-state index < -0.39 is 0 Å². The van der Waals surface area contributed by atoms with Crippen molar-refractivity contribution in [2.45, 2.75) is 38.5 Å². The monoisotopic (exact) mass is 328 g/mol. The van der Waals surface area contributed by atoms with Gasteiger partial charge in [0.15, 0.2) is 5.78 Å². The highest BCUT2D eigenvalue weighted by molar-refractivity contribution is 14.1. The lowest BCUT2D eigenvalue weighted by Gasteiger charge is -2.07. The van der Waals surface area contributed by atoms with Crippen molar-refractivity contribution in [1.82, 2.24) is 0 Å². The zero-order valence-corrected chi connectivity index (χ0v) is 11.6. The minimum Gasteiger partial charge on any atom is -0.294 e. The van der Waals surface area contributed by atoms with Gasteiger partial charge in [-0.2, -0.15) is 0 Å². The Morgan fingerprint density at radius 1 is 1.19 bits per heavy atom. The number of carbonyl (C=O) groups excluding carboxylic acids is 1. The smallest absolute Gasteiger partial charge is 0.162 e. The zero-order chi connectivity index (χ0) is 11.4. The summed E-state index contributed by atoms with van der Waals surface area (Å²) in [7, 11) is 0. The Morgan fingerprint density at radius 3 is 2.44 bits per heavy atom. The SMILES string of the molecule is O=C(CCC1CCCC1)c1ccc(I)cc1. The van der Waals surface area contributed by atoms with Gasteiger partial charge < -0.3 is 0 Å². The molecule has 1 aromatic rings. The average Bonchev–Trinajstić information content (AvgIpc) is 2.80. The summed E-state index contributed by atoms with van der Waals surface area (Å²) in [4.78, 5) is 11.9. The number of hydrogen-bond donors (Lipinski definition) is 0. The second-order valence-corrected chi connectivity index (χ2v) is 5.86. The quantitative estimate of drug-likeness (QED) is 0.590. The van der Waals surface area contributed by atoms with Gasteiger partial charge in [-0.3, -0.25) is 4.79 Å². The van der Waals surface area contributed by atoms with Crippen LogP contribution in [0, 0.1) is 9.49 Å². The highest BCUT2D eigenvalue weighted by atomic mass is 127. The Hall–Kier alpha value is -0.380. The molecule has 0 aromatic heterocycles. The molecule has 1 aliphatic rings. The van der Waals surface area contributed by atoms with Crippen molar-refractivity contribution in [3.8, 4) is 0 Å². The van der Waals surface area contributed by atoms with Crippen molar-refractivity contribution in [2.24, 2.45) is 5.92 Å². The first-order valence-electron chi connectivity index (χ1n) is 6.04. The van der Waals surface area contributed by atoms with Crippen LogP contribution >= 0.6 is 22.6 Å². The molecule has 0 heterocycles. The highest BCUT2D eigenvalue weighted by Crippen LogP contribution is 2.29. The first-order valence-corrected chi connectivity index (χ1v) is 7.12. The van der Waals surface area contributed by atoms with Crippen molar-refractivity contribution in [1.29, 1.82) is 0 Å². The Labute approximate surface area is 111 Å². The maximum atomic E-state index is 11.9. The average molecular weight is 328 g/mol. The van der Waals surface area contributed by atoms with Gasteiger partial charge in [0, 0.05) is 15.6 Å². The van der Waals surface area contributed by atoms with Crippen LogP contribution in [0.3, 0.4) is 0 Å². The van der Waals surface area contributed by atoms with E-state index in [4.69, 9.17) is 0 Å². The van der Waals surface area contributed by atoms with Gasteiger partial charge in [0.25, 0.3) is 0 Å². The number of Topliss-reactive ketones (excluding diaryl/α,β-unsaturated/α-hetero) is 1. The predicted octanol–water partition coefficient (Wildman–Crippen LogP) is 4.44. The lowest BCUT2D eigenvalue weighted by molar-refractivity contribution is 0.0974. The molecule has 2 rings (SSSR count). The molecule has 2 heteroatoms. The van der Waals surface area contributed by atoms with Crippen molar-refractivity contribution in [3.63, 3.8) is 0 Å². The number of benzene rings is 1. The maximum Gasteiger partial charge on any atom is 0.162 e. The largest absolute Gasteiger partial charge is 0.294 e. The fourth-order valence-corrected chi connectivity index (χ4v) is 2.77. The molecule has 0 N–H and O–H groups in total. The summed E-state index contributed by atoms with van der Waals surface area (Å²) in [5.74, 6) is 1.12. The third kappa shape index (κ3) is 3.30. The van der Waals surface area contributed by atoms with Gasteiger partial charge in [-0.15, -0.1) is 0 Å². The molecule has 1 aliphatic carbocycles. The second kappa shape index (κ2) is 5.80. The molecule has 16 heavy (non-hydrogen) atoms. The molecule has 1 saturated carbocycles. The molecule has 0 bridgehead atoms. The van der Waals surface area contributed by atoms with E-state index in [2.05, 4.69) is 22.6 Å². The number of rotatable bonds is 4. The molecule has 0 unspecified atom stereocenters. The maximum absolute atomic E-state index is 11.9. The molecule has 0 aliphatic heterocycles. The highest BCUT2D eigenvalue weighted by Gasteiger charge is 2.16. The van der Waals surface area contributed by atoms with Crippen molar-refractivity contribution in [3.05, 3.63) is 33.4 Å². The lowest BCUT2D eigenvalue weighted by atomic mass is 9.97. The standard InChI is InChI=1S/C14H17IO/c15-13-8-6-12(7-9-13)14(16)10-5-11-3-1-2-4-11/h6-9,11H,1-5,10H2. The summed E-state index contributed by atoms with van der Waals surface area (Å²) < 4.78 is 1.19. The Morgan fingerprint density at radius 2 is 1.81 bits per heavy atom. The number of halogens is 1. The normalized spacial score (nSPS) is 16.6. The van der Waals surface area contributed by atoms with Crippen LogP contribution in [-0.4, -0.2) is 5.78 Å². The van der Waals surface area contributed by atoms with E-state index in [-0.39, 0.29) is 0 Å². The van der Waals surface area contributed by atoms with Gasteiger partial charge in [0.1, 0.15) is 0 Å². The minimum absolute atomic E-state index is 0.309. The third-order valence-corrected chi connectivity index (χ3v) is 4.14. The van der Waals surface area contributed by atoms with E-state index in [1.54, 1.807) is 0 Å². The summed E-state index contributed by atoms with van der Waals surface area (Å²) in [6, 6.07) is 7.89.